The minimum Gasteiger partial charge on any atom is -0.480 e. The second-order valence-corrected chi connectivity index (χ2v) is 11.4. The maximum atomic E-state index is 12.4. The van der Waals surface area contributed by atoms with E-state index in [2.05, 4.69) is 69.6 Å². The molecule has 0 aromatic carbocycles. The van der Waals surface area contributed by atoms with Gasteiger partial charge in [-0.25, -0.2) is 0 Å². The summed E-state index contributed by atoms with van der Waals surface area (Å²) in [4.78, 5) is 46.2. The normalized spacial score (nSPS) is 13.8. The molecule has 0 saturated carbocycles. The summed E-state index contributed by atoms with van der Waals surface area (Å²) in [5.74, 6) is -2.65. The highest BCUT2D eigenvalue weighted by molar-refractivity contribution is 7.99. The van der Waals surface area contributed by atoms with Gasteiger partial charge in [-0.1, -0.05) is 46.6 Å². The molecule has 2 atom stereocenters. The molecule has 226 valence electrons. The number of carboxylic acids is 2. The molecule has 0 radical (unpaired) electrons. The second-order valence-electron chi connectivity index (χ2n) is 10.3. The smallest absolute Gasteiger partial charge is 0.322 e. The van der Waals surface area contributed by atoms with Crippen molar-refractivity contribution in [2.75, 3.05) is 18.1 Å². The van der Waals surface area contributed by atoms with Gasteiger partial charge in [0.05, 0.1) is 0 Å². The van der Waals surface area contributed by atoms with Gasteiger partial charge >= 0.3 is 11.9 Å². The van der Waals surface area contributed by atoms with E-state index in [1.807, 2.05) is 0 Å². The molecular weight excluding hydrogens is 530 g/mol. The molecule has 2 amide bonds. The van der Waals surface area contributed by atoms with Crippen molar-refractivity contribution in [3.8, 4) is 0 Å². The van der Waals surface area contributed by atoms with E-state index in [-0.39, 0.29) is 18.6 Å². The van der Waals surface area contributed by atoms with Crippen LogP contribution in [-0.4, -0.2) is 64.1 Å². The van der Waals surface area contributed by atoms with Gasteiger partial charge in [-0.15, -0.1) is 0 Å². The molecule has 6 N–H and O–H groups in total. The molecule has 0 unspecified atom stereocenters. The second kappa shape index (κ2) is 21.9. The van der Waals surface area contributed by atoms with Crippen LogP contribution in [-0.2, 0) is 19.2 Å². The first-order valence-electron chi connectivity index (χ1n) is 13.8. The number of rotatable bonds is 21. The van der Waals surface area contributed by atoms with Crippen molar-refractivity contribution < 1.29 is 29.4 Å². The van der Waals surface area contributed by atoms with Crippen LogP contribution in [0.3, 0.4) is 0 Å². The summed E-state index contributed by atoms with van der Waals surface area (Å²) in [6.45, 7) is 10.1. The van der Waals surface area contributed by atoms with Gasteiger partial charge in [-0.05, 0) is 79.6 Å². The highest BCUT2D eigenvalue weighted by Gasteiger charge is 2.22. The van der Waals surface area contributed by atoms with E-state index in [9.17, 15) is 19.2 Å². The predicted octanol–water partition coefficient (Wildman–Crippen LogP) is 4.74. The van der Waals surface area contributed by atoms with Gasteiger partial charge in [0.1, 0.15) is 18.6 Å². The van der Waals surface area contributed by atoms with E-state index < -0.39 is 42.4 Å². The number of hydrogen-bond acceptors (Lipinski definition) is 6. The molecule has 0 aromatic heterocycles. The Hall–Kier alpha value is -2.85. The van der Waals surface area contributed by atoms with E-state index in [1.165, 1.54) is 34.1 Å². The molecule has 0 saturated heterocycles. The third kappa shape index (κ3) is 21.0. The first-order chi connectivity index (χ1) is 18.8. The number of nitrogens with two attached hydrogens (primary N) is 1. The van der Waals surface area contributed by atoms with Gasteiger partial charge in [-0.2, -0.15) is 11.8 Å². The number of nitrogens with one attached hydrogen (secondary N) is 2. The Balaban J connectivity index is 4.61. The van der Waals surface area contributed by atoms with Crippen molar-refractivity contribution >= 4 is 35.5 Å². The highest BCUT2D eigenvalue weighted by atomic mass is 32.2. The zero-order valence-corrected chi connectivity index (χ0v) is 25.6. The molecule has 0 aliphatic heterocycles. The number of thioether (sulfide) groups is 1. The first-order valence-corrected chi connectivity index (χ1v) is 14.9. The lowest BCUT2D eigenvalue weighted by atomic mass is 10.0. The zero-order chi connectivity index (χ0) is 30.5. The lowest BCUT2D eigenvalue weighted by molar-refractivity contribution is -0.139. The number of aliphatic carboxylic acids is 2. The van der Waals surface area contributed by atoms with Crippen LogP contribution < -0.4 is 16.4 Å². The molecule has 0 bridgehead atoms. The predicted molar refractivity (Wildman–Crippen MR) is 163 cm³/mol. The Labute approximate surface area is 243 Å². The number of hydrogen-bond donors (Lipinski definition) is 5. The minimum atomic E-state index is -1.21. The Morgan fingerprint density at radius 3 is 1.82 bits per heavy atom. The molecular formula is C30H49N3O6S. The fraction of sp³-hybridized carbons (Fsp3) is 0.600. The molecule has 0 aliphatic rings. The molecule has 0 fully saturated rings. The van der Waals surface area contributed by atoms with Crippen LogP contribution in [0.4, 0.5) is 0 Å². The molecule has 0 aliphatic carbocycles. The fourth-order valence-electron chi connectivity index (χ4n) is 3.52. The van der Waals surface area contributed by atoms with Gasteiger partial charge in [0.25, 0.3) is 0 Å². The Bertz CT molecular complexity index is 951. The Morgan fingerprint density at radius 2 is 1.32 bits per heavy atom. The maximum Gasteiger partial charge on any atom is 0.322 e. The summed E-state index contributed by atoms with van der Waals surface area (Å²) in [6.07, 6.45) is 15.0. The van der Waals surface area contributed by atoms with Crippen LogP contribution >= 0.6 is 11.8 Å². The Kier molecular flexibility index (Phi) is 20.3. The summed E-state index contributed by atoms with van der Waals surface area (Å²) in [5, 5.41) is 22.5. The molecule has 0 rings (SSSR count). The summed E-state index contributed by atoms with van der Waals surface area (Å²) in [7, 11) is 0. The van der Waals surface area contributed by atoms with Crippen molar-refractivity contribution in [2.45, 2.75) is 98.1 Å². The molecule has 9 nitrogen and oxygen atoms in total. The van der Waals surface area contributed by atoms with Crippen molar-refractivity contribution in [2.24, 2.45) is 5.73 Å². The zero-order valence-electron chi connectivity index (χ0n) is 24.8. The van der Waals surface area contributed by atoms with Crippen LogP contribution in [0.1, 0.15) is 86.0 Å². The summed E-state index contributed by atoms with van der Waals surface area (Å²) >= 11 is 1.44. The number of allylic oxidation sites excluding steroid dienone is 7. The van der Waals surface area contributed by atoms with Crippen LogP contribution in [0.25, 0.3) is 0 Å². The molecule has 0 aromatic rings. The highest BCUT2D eigenvalue weighted by Crippen LogP contribution is 2.14. The standard InChI is InChI=1S/C30H49N3O6S/c1-21(2)9-6-10-22(3)11-7-12-23(4)13-8-14-24(5)17-18-40-20-26(29(37)32-19-28(35)36)33-27(34)16-15-25(31)30(38)39/h9,11,13,17,25-26H,6-8,10,12,14-16,18-20,31H2,1-5H3,(H,32,37)(H,33,34)(H,35,36)(H,38,39)/b22-11+,23-13+,24-17-/t25-,26-/m0/s1. The van der Waals surface area contributed by atoms with E-state index >= 15 is 0 Å². The summed E-state index contributed by atoms with van der Waals surface area (Å²) in [5.41, 5.74) is 10.8. The number of amides is 2. The van der Waals surface area contributed by atoms with Crippen LogP contribution in [0.2, 0.25) is 0 Å². The minimum absolute atomic E-state index is 0.0689. The average Bonchev–Trinajstić information content (AvgIpc) is 2.87. The largest absolute Gasteiger partial charge is 0.480 e. The topological polar surface area (TPSA) is 159 Å². The van der Waals surface area contributed by atoms with Crippen molar-refractivity contribution in [3.05, 3.63) is 46.6 Å². The average molecular weight is 580 g/mol. The quantitative estimate of drug-likeness (QED) is 0.0963. The van der Waals surface area contributed by atoms with Gasteiger partial charge in [0.15, 0.2) is 0 Å². The molecule has 40 heavy (non-hydrogen) atoms. The lowest BCUT2D eigenvalue weighted by Gasteiger charge is -2.18. The van der Waals surface area contributed by atoms with Crippen molar-refractivity contribution in [1.82, 2.24) is 10.6 Å². The third-order valence-corrected chi connectivity index (χ3v) is 7.02. The maximum absolute atomic E-state index is 12.4. The lowest BCUT2D eigenvalue weighted by Crippen LogP contribution is -2.49. The van der Waals surface area contributed by atoms with Gasteiger partial charge < -0.3 is 26.6 Å². The van der Waals surface area contributed by atoms with Crippen molar-refractivity contribution in [3.63, 3.8) is 0 Å². The SMILES string of the molecule is CC(C)=CCC/C(C)=C/CC/C(C)=C/CC/C(C)=C\CSC[C@H](NC(=O)CC[C@H](N)C(=O)O)C(=O)NCC(=O)O. The fourth-order valence-corrected chi connectivity index (χ4v) is 4.53. The Morgan fingerprint density at radius 1 is 0.800 bits per heavy atom. The van der Waals surface area contributed by atoms with E-state index in [0.29, 0.717) is 5.75 Å². The molecule has 0 spiro atoms. The van der Waals surface area contributed by atoms with Crippen molar-refractivity contribution in [1.29, 1.82) is 0 Å². The number of carbonyl (C=O) groups excluding carboxylic acids is 2. The monoisotopic (exact) mass is 579 g/mol. The number of carbonyl (C=O) groups is 4. The summed E-state index contributed by atoms with van der Waals surface area (Å²) < 4.78 is 0. The van der Waals surface area contributed by atoms with Gasteiger partial charge in [-0.3, -0.25) is 19.2 Å². The first kappa shape index (κ1) is 37.1. The summed E-state index contributed by atoms with van der Waals surface area (Å²) in [6, 6.07) is -2.11. The van der Waals surface area contributed by atoms with Gasteiger partial charge in [0.2, 0.25) is 11.8 Å². The van der Waals surface area contributed by atoms with E-state index in [0.717, 1.165) is 38.5 Å². The number of carboxylic acid groups (broad SMARTS) is 2. The third-order valence-electron chi connectivity index (χ3n) is 6.05. The van der Waals surface area contributed by atoms with E-state index in [1.54, 1.807) is 0 Å². The van der Waals surface area contributed by atoms with Gasteiger partial charge in [0, 0.05) is 17.9 Å². The van der Waals surface area contributed by atoms with Crippen LogP contribution in [0.5, 0.6) is 0 Å². The van der Waals surface area contributed by atoms with Crippen LogP contribution in [0.15, 0.2) is 46.6 Å². The van der Waals surface area contributed by atoms with E-state index in [4.69, 9.17) is 15.9 Å². The molecule has 10 heteroatoms. The van der Waals surface area contributed by atoms with Crippen LogP contribution in [0, 0.1) is 0 Å². The molecule has 0 heterocycles.